The number of hydrogen-bond acceptors (Lipinski definition) is 4. The second kappa shape index (κ2) is 2.45. The average molecular weight is 170 g/mol. The number of ether oxygens (including phenoxy) is 2. The van der Waals surface area contributed by atoms with Gasteiger partial charge in [-0.1, -0.05) is 0 Å². The highest BCUT2D eigenvalue weighted by Crippen LogP contribution is 2.42. The molecule has 2 aliphatic rings. The fourth-order valence-electron chi connectivity index (χ4n) is 1.95. The minimum absolute atomic E-state index is 0.264. The number of aliphatic hydroxyl groups is 2. The molecule has 0 aromatic rings. The molecule has 0 saturated carbocycles. The van der Waals surface area contributed by atoms with Gasteiger partial charge in [-0.2, -0.15) is 0 Å². The van der Waals surface area contributed by atoms with Crippen molar-refractivity contribution < 1.29 is 19.7 Å². The molecule has 66 valence electrons. The zero-order chi connectivity index (χ0) is 8.93. The molecule has 0 aromatic heterocycles. The lowest BCUT2D eigenvalue weighted by molar-refractivity contribution is -0.173. The normalized spacial score (nSPS) is 57.9. The van der Waals surface area contributed by atoms with Crippen molar-refractivity contribution in [2.75, 3.05) is 6.61 Å². The van der Waals surface area contributed by atoms with Crippen LogP contribution in [-0.4, -0.2) is 54.6 Å². The lowest BCUT2D eigenvalue weighted by atomic mass is 9.91. The Bertz CT molecular complexity index is 200. The maximum absolute atomic E-state index is 9.63. The molecule has 2 bridgehead atoms. The van der Waals surface area contributed by atoms with Crippen LogP contribution in [0.2, 0.25) is 0 Å². The molecule has 2 N–H and O–H groups in total. The Morgan fingerprint density at radius 2 is 2.25 bits per heavy atom. The van der Waals surface area contributed by atoms with Crippen LogP contribution >= 0.6 is 0 Å². The Hall–Kier alpha value is -0.0951. The molecule has 2 aliphatic heterocycles. The van der Waals surface area contributed by atoms with Gasteiger partial charge >= 0.3 is 0 Å². The van der Waals surface area contributed by atoms with Gasteiger partial charge in [-0.15, -0.1) is 0 Å². The largest absolute Gasteiger partial charge is 0.393 e. The van der Waals surface area contributed by atoms with E-state index in [4.69, 9.17) is 22.4 Å². The third-order valence-corrected chi connectivity index (χ3v) is 2.79. The van der Waals surface area contributed by atoms with Crippen LogP contribution in [0.25, 0.3) is 0 Å². The molecule has 0 aliphatic carbocycles. The third kappa shape index (κ3) is 0.772. The first-order valence-corrected chi connectivity index (χ1v) is 3.99. The first-order chi connectivity index (χ1) is 5.62. The fraction of sp³-hybridized carbons (Fsp3) is 1.00. The van der Waals surface area contributed by atoms with E-state index < -0.39 is 23.8 Å². The molecule has 2 rings (SSSR count). The lowest BCUT2D eigenvalue weighted by Gasteiger charge is -2.33. The van der Waals surface area contributed by atoms with Crippen LogP contribution in [0.4, 0.5) is 0 Å². The number of fused-ring (bicyclic) bond motifs is 2. The van der Waals surface area contributed by atoms with Gasteiger partial charge in [-0.25, -0.2) is 0 Å². The first-order valence-electron chi connectivity index (χ1n) is 3.99. The second-order valence-electron chi connectivity index (χ2n) is 3.38. The molecule has 0 spiro atoms. The molecule has 5 atom stereocenters. The predicted molar refractivity (Wildman–Crippen MR) is 40.8 cm³/mol. The molecule has 2 heterocycles. The van der Waals surface area contributed by atoms with Crippen LogP contribution in [0.3, 0.4) is 0 Å². The van der Waals surface area contributed by atoms with Crippen molar-refractivity contribution in [3.63, 3.8) is 0 Å². The van der Waals surface area contributed by atoms with E-state index in [1.807, 2.05) is 0 Å². The van der Waals surface area contributed by atoms with Crippen molar-refractivity contribution in [2.45, 2.75) is 36.8 Å². The van der Waals surface area contributed by atoms with Gasteiger partial charge in [0.05, 0.1) is 12.7 Å². The van der Waals surface area contributed by atoms with Crippen molar-refractivity contribution in [1.29, 1.82) is 0 Å². The van der Waals surface area contributed by atoms with Crippen LogP contribution < -0.4 is 0 Å². The maximum Gasteiger partial charge on any atom is 0.145 e. The van der Waals surface area contributed by atoms with Crippen molar-refractivity contribution >= 4 is 7.85 Å². The zero-order valence-electron chi connectivity index (χ0n) is 6.80. The van der Waals surface area contributed by atoms with Gasteiger partial charge in [-0.3, -0.25) is 0 Å². The summed E-state index contributed by atoms with van der Waals surface area (Å²) < 4.78 is 10.6. The molecule has 12 heavy (non-hydrogen) atoms. The Kier molecular flexibility index (Phi) is 1.73. The van der Waals surface area contributed by atoms with Gasteiger partial charge in [0.2, 0.25) is 0 Å². The smallest absolute Gasteiger partial charge is 0.145 e. The number of aliphatic hydroxyl groups excluding tert-OH is 2. The van der Waals surface area contributed by atoms with Gasteiger partial charge in [0, 0.05) is 6.00 Å². The van der Waals surface area contributed by atoms with Gasteiger partial charge in [0.25, 0.3) is 0 Å². The fourth-order valence-corrected chi connectivity index (χ4v) is 1.95. The number of hydrogen-bond donors (Lipinski definition) is 2. The number of rotatable bonds is 1. The summed E-state index contributed by atoms with van der Waals surface area (Å²) in [5, 5.41) is 18.7. The highest BCUT2D eigenvalue weighted by atomic mass is 16.6. The summed E-state index contributed by atoms with van der Waals surface area (Å²) >= 11 is 0. The standard InChI is InChI=1S/C7H11BO4/c1-3-7(2-9)5(10)4(11-3)6(8)12-7/h3-6,9-10H,2H2,1H3/t3-,4-,5+,6-,7+/m1/s1. The van der Waals surface area contributed by atoms with E-state index in [-0.39, 0.29) is 12.7 Å². The predicted octanol–water partition coefficient (Wildman–Crippen LogP) is -1.61. The Morgan fingerprint density at radius 1 is 1.58 bits per heavy atom. The van der Waals surface area contributed by atoms with Crippen molar-refractivity contribution in [2.24, 2.45) is 0 Å². The summed E-state index contributed by atoms with van der Waals surface area (Å²) in [7, 11) is 5.51. The Morgan fingerprint density at radius 3 is 2.58 bits per heavy atom. The summed E-state index contributed by atoms with van der Waals surface area (Å²) in [6.45, 7) is 1.49. The monoisotopic (exact) mass is 170 g/mol. The van der Waals surface area contributed by atoms with E-state index in [1.165, 1.54) is 0 Å². The Labute approximate surface area is 71.9 Å². The van der Waals surface area contributed by atoms with E-state index in [2.05, 4.69) is 0 Å². The molecule has 5 heteroatoms. The molecular weight excluding hydrogens is 159 g/mol. The molecule has 4 nitrogen and oxygen atoms in total. The lowest BCUT2D eigenvalue weighted by Crippen LogP contribution is -2.49. The maximum atomic E-state index is 9.63. The van der Waals surface area contributed by atoms with Gasteiger partial charge in [-0.05, 0) is 6.92 Å². The quantitative estimate of drug-likeness (QED) is 0.465. The first kappa shape index (κ1) is 8.50. The summed E-state index contributed by atoms with van der Waals surface area (Å²) in [6, 6.07) is -0.622. The van der Waals surface area contributed by atoms with Crippen molar-refractivity contribution in [3.8, 4) is 0 Å². The van der Waals surface area contributed by atoms with Gasteiger partial charge < -0.3 is 19.7 Å². The minimum atomic E-state index is -0.996. The molecule has 2 fully saturated rings. The average Bonchev–Trinajstić information content (AvgIpc) is 2.41. The Balaban J connectivity index is 2.30. The molecular formula is C7H11BO4. The SMILES string of the molecule is [B][C@@H]1O[C@@]2(CO)[C@@H](C)O[C@@H]1[C@@H]2O. The van der Waals surface area contributed by atoms with Crippen LogP contribution in [0, 0.1) is 0 Å². The van der Waals surface area contributed by atoms with E-state index in [9.17, 15) is 5.11 Å². The van der Waals surface area contributed by atoms with Crippen molar-refractivity contribution in [1.82, 2.24) is 0 Å². The molecule has 2 saturated heterocycles. The van der Waals surface area contributed by atoms with Crippen LogP contribution in [-0.2, 0) is 9.47 Å². The van der Waals surface area contributed by atoms with Crippen molar-refractivity contribution in [3.05, 3.63) is 0 Å². The van der Waals surface area contributed by atoms with E-state index in [0.29, 0.717) is 0 Å². The highest BCUT2D eigenvalue weighted by Gasteiger charge is 2.62. The van der Waals surface area contributed by atoms with Crippen LogP contribution in [0.15, 0.2) is 0 Å². The van der Waals surface area contributed by atoms with E-state index >= 15 is 0 Å². The molecule has 0 aromatic carbocycles. The summed E-state index contributed by atoms with van der Waals surface area (Å²) in [4.78, 5) is 0. The minimum Gasteiger partial charge on any atom is -0.393 e. The van der Waals surface area contributed by atoms with Gasteiger partial charge in [0.15, 0.2) is 0 Å². The van der Waals surface area contributed by atoms with Crippen LogP contribution in [0.1, 0.15) is 6.92 Å². The van der Waals surface area contributed by atoms with E-state index in [0.717, 1.165) is 0 Å². The highest BCUT2D eigenvalue weighted by molar-refractivity contribution is 6.11. The second-order valence-corrected chi connectivity index (χ2v) is 3.38. The van der Waals surface area contributed by atoms with E-state index in [1.54, 1.807) is 6.92 Å². The summed E-state index contributed by atoms with van der Waals surface area (Å²) in [6.07, 6.45) is -1.61. The molecule has 0 amide bonds. The van der Waals surface area contributed by atoms with Crippen LogP contribution in [0.5, 0.6) is 0 Å². The zero-order valence-corrected chi connectivity index (χ0v) is 6.80. The molecule has 0 unspecified atom stereocenters. The third-order valence-electron chi connectivity index (χ3n) is 2.79. The topological polar surface area (TPSA) is 58.9 Å². The summed E-state index contributed by atoms with van der Waals surface area (Å²) in [5.74, 6) is 0. The molecule has 2 radical (unpaired) electrons. The van der Waals surface area contributed by atoms with Gasteiger partial charge in [0.1, 0.15) is 25.7 Å². The summed E-state index contributed by atoms with van der Waals surface area (Å²) in [5.41, 5.74) is -0.996.